The van der Waals surface area contributed by atoms with Crippen LogP contribution in [0.25, 0.3) is 0 Å². The smallest absolute Gasteiger partial charge is 0.408 e. The zero-order chi connectivity index (χ0) is 14.6. The molecule has 0 bridgehead atoms. The minimum absolute atomic E-state index is 0.0296. The van der Waals surface area contributed by atoms with Crippen LogP contribution in [0.2, 0.25) is 0 Å². The molecule has 110 valence electrons. The molecule has 19 heavy (non-hydrogen) atoms. The van der Waals surface area contributed by atoms with Gasteiger partial charge in [0.25, 0.3) is 0 Å². The number of likely N-dealkylation sites (tertiary alicyclic amines) is 1. The molecule has 0 aromatic rings. The second kappa shape index (κ2) is 6.26. The Morgan fingerprint density at radius 1 is 1.32 bits per heavy atom. The van der Waals surface area contributed by atoms with Crippen LogP contribution in [-0.4, -0.2) is 41.1 Å². The Morgan fingerprint density at radius 2 is 1.95 bits per heavy atom. The number of ether oxygens (including phenoxy) is 1. The fourth-order valence-electron chi connectivity index (χ4n) is 2.22. The van der Waals surface area contributed by atoms with Crippen LogP contribution < -0.4 is 5.32 Å². The molecule has 1 rings (SSSR count). The first-order valence-electron chi connectivity index (χ1n) is 7.00. The molecule has 0 saturated carbocycles. The Morgan fingerprint density at radius 3 is 2.47 bits per heavy atom. The van der Waals surface area contributed by atoms with E-state index in [-0.39, 0.29) is 11.9 Å². The number of hydrogen-bond donors (Lipinski definition) is 1. The number of piperidine rings is 1. The van der Waals surface area contributed by atoms with E-state index in [0.717, 1.165) is 19.4 Å². The van der Waals surface area contributed by atoms with Gasteiger partial charge in [-0.2, -0.15) is 0 Å². The summed E-state index contributed by atoms with van der Waals surface area (Å²) in [6.07, 6.45) is 2.69. The number of alkyl carbamates (subject to hydrolysis) is 1. The molecular weight excluding hydrogens is 244 g/mol. The molecule has 0 radical (unpaired) electrons. The van der Waals surface area contributed by atoms with Crippen LogP contribution in [0.15, 0.2) is 0 Å². The molecule has 2 amide bonds. The summed E-state index contributed by atoms with van der Waals surface area (Å²) in [5.74, 6) is -0.0296. The predicted octanol–water partition coefficient (Wildman–Crippen LogP) is 2.30. The Balaban J connectivity index is 2.50. The highest BCUT2D eigenvalue weighted by Gasteiger charge is 2.28. The van der Waals surface area contributed by atoms with Gasteiger partial charge in [0.15, 0.2) is 0 Å². The third kappa shape index (κ3) is 5.09. The number of carbonyl (C=O) groups excluding carboxylic acids is 2. The van der Waals surface area contributed by atoms with Crippen LogP contribution in [0, 0.1) is 0 Å². The van der Waals surface area contributed by atoms with Crippen molar-refractivity contribution in [3.63, 3.8) is 0 Å². The Hall–Kier alpha value is -1.26. The van der Waals surface area contributed by atoms with Crippen molar-refractivity contribution in [2.75, 3.05) is 6.54 Å². The molecule has 1 saturated heterocycles. The van der Waals surface area contributed by atoms with Crippen molar-refractivity contribution < 1.29 is 14.3 Å². The van der Waals surface area contributed by atoms with Crippen molar-refractivity contribution in [2.24, 2.45) is 0 Å². The number of nitrogens with one attached hydrogen (secondary N) is 1. The third-order valence-corrected chi connectivity index (χ3v) is 3.19. The van der Waals surface area contributed by atoms with Gasteiger partial charge < -0.3 is 15.0 Å². The standard InChI is InChI=1S/C14H26N2O3/c1-10-8-6-7-9-16(10)12(17)11(2)15-13(18)19-14(3,4)5/h10-11H,6-9H2,1-5H3,(H,15,18)/t10-,11+/m0/s1. The lowest BCUT2D eigenvalue weighted by atomic mass is 10.0. The Bertz CT molecular complexity index is 336. The van der Waals surface area contributed by atoms with Gasteiger partial charge in [-0.25, -0.2) is 4.79 Å². The van der Waals surface area contributed by atoms with E-state index in [1.165, 1.54) is 6.42 Å². The van der Waals surface area contributed by atoms with Crippen molar-refractivity contribution in [3.8, 4) is 0 Å². The average molecular weight is 270 g/mol. The number of rotatable bonds is 2. The Labute approximate surface area is 115 Å². The molecule has 5 heteroatoms. The van der Waals surface area contributed by atoms with E-state index in [2.05, 4.69) is 12.2 Å². The topological polar surface area (TPSA) is 58.6 Å². The zero-order valence-corrected chi connectivity index (χ0v) is 12.7. The summed E-state index contributed by atoms with van der Waals surface area (Å²) in [5.41, 5.74) is -0.550. The van der Waals surface area contributed by atoms with Crippen LogP contribution in [-0.2, 0) is 9.53 Å². The van der Waals surface area contributed by atoms with Crippen LogP contribution >= 0.6 is 0 Å². The maximum atomic E-state index is 12.3. The molecule has 0 aliphatic carbocycles. The summed E-state index contributed by atoms with van der Waals surface area (Å²) in [6.45, 7) is 9.93. The maximum absolute atomic E-state index is 12.3. The summed E-state index contributed by atoms with van der Waals surface area (Å²) in [5, 5.41) is 2.60. The Kier molecular flexibility index (Phi) is 5.20. The monoisotopic (exact) mass is 270 g/mol. The highest BCUT2D eigenvalue weighted by molar-refractivity contribution is 5.85. The van der Waals surface area contributed by atoms with Crippen LogP contribution in [0.4, 0.5) is 4.79 Å². The second-order valence-electron chi connectivity index (χ2n) is 6.24. The largest absolute Gasteiger partial charge is 0.444 e. The van der Waals surface area contributed by atoms with Gasteiger partial charge in [-0.1, -0.05) is 0 Å². The summed E-state index contributed by atoms with van der Waals surface area (Å²) >= 11 is 0. The van der Waals surface area contributed by atoms with Gasteiger partial charge in [0.05, 0.1) is 0 Å². The van der Waals surface area contributed by atoms with Gasteiger partial charge in [-0.3, -0.25) is 4.79 Å². The SMILES string of the molecule is C[C@@H](NC(=O)OC(C)(C)C)C(=O)N1CCCC[C@@H]1C. The highest BCUT2D eigenvalue weighted by Crippen LogP contribution is 2.17. The van der Waals surface area contributed by atoms with E-state index < -0.39 is 17.7 Å². The summed E-state index contributed by atoms with van der Waals surface area (Å²) in [4.78, 5) is 25.8. The van der Waals surface area contributed by atoms with E-state index in [4.69, 9.17) is 4.74 Å². The maximum Gasteiger partial charge on any atom is 0.408 e. The molecule has 0 spiro atoms. The van der Waals surface area contributed by atoms with Gasteiger partial charge in [-0.05, 0) is 53.9 Å². The van der Waals surface area contributed by atoms with Gasteiger partial charge in [0.1, 0.15) is 11.6 Å². The molecule has 1 N–H and O–H groups in total. The van der Waals surface area contributed by atoms with Crippen molar-refractivity contribution in [3.05, 3.63) is 0 Å². The van der Waals surface area contributed by atoms with E-state index >= 15 is 0 Å². The fourth-order valence-corrected chi connectivity index (χ4v) is 2.22. The van der Waals surface area contributed by atoms with Crippen LogP contribution in [0.5, 0.6) is 0 Å². The lowest BCUT2D eigenvalue weighted by molar-refractivity contribution is -0.136. The van der Waals surface area contributed by atoms with Crippen molar-refractivity contribution >= 4 is 12.0 Å². The lowest BCUT2D eigenvalue weighted by Gasteiger charge is -2.35. The van der Waals surface area contributed by atoms with Crippen LogP contribution in [0.3, 0.4) is 0 Å². The first-order valence-corrected chi connectivity index (χ1v) is 7.00. The minimum atomic E-state index is -0.550. The molecule has 1 fully saturated rings. The molecule has 0 unspecified atom stereocenters. The summed E-state index contributed by atoms with van der Waals surface area (Å²) < 4.78 is 5.15. The number of carbonyl (C=O) groups is 2. The second-order valence-corrected chi connectivity index (χ2v) is 6.24. The molecule has 1 aliphatic heterocycles. The van der Waals surface area contributed by atoms with Gasteiger partial charge in [0, 0.05) is 12.6 Å². The zero-order valence-electron chi connectivity index (χ0n) is 12.7. The fraction of sp³-hybridized carbons (Fsp3) is 0.857. The molecule has 2 atom stereocenters. The van der Waals surface area contributed by atoms with Crippen molar-refractivity contribution in [1.82, 2.24) is 10.2 Å². The van der Waals surface area contributed by atoms with Crippen molar-refractivity contribution in [2.45, 2.75) is 71.6 Å². The summed E-state index contributed by atoms with van der Waals surface area (Å²) in [7, 11) is 0. The van der Waals surface area contributed by atoms with E-state index in [0.29, 0.717) is 0 Å². The lowest BCUT2D eigenvalue weighted by Crippen LogP contribution is -2.52. The third-order valence-electron chi connectivity index (χ3n) is 3.19. The molecule has 5 nitrogen and oxygen atoms in total. The molecule has 1 heterocycles. The molecule has 1 aliphatic rings. The number of nitrogens with zero attached hydrogens (tertiary/aromatic N) is 1. The highest BCUT2D eigenvalue weighted by atomic mass is 16.6. The normalized spacial score (nSPS) is 21.7. The van der Waals surface area contributed by atoms with E-state index in [1.54, 1.807) is 27.7 Å². The van der Waals surface area contributed by atoms with Gasteiger partial charge >= 0.3 is 6.09 Å². The van der Waals surface area contributed by atoms with Crippen LogP contribution in [0.1, 0.15) is 53.9 Å². The minimum Gasteiger partial charge on any atom is -0.444 e. The van der Waals surface area contributed by atoms with Gasteiger partial charge in [-0.15, -0.1) is 0 Å². The molecular formula is C14H26N2O3. The van der Waals surface area contributed by atoms with E-state index in [9.17, 15) is 9.59 Å². The van der Waals surface area contributed by atoms with Crippen molar-refractivity contribution in [1.29, 1.82) is 0 Å². The van der Waals surface area contributed by atoms with E-state index in [1.807, 2.05) is 4.90 Å². The predicted molar refractivity (Wildman–Crippen MR) is 73.9 cm³/mol. The first kappa shape index (κ1) is 15.8. The average Bonchev–Trinajstić information content (AvgIpc) is 2.26. The number of amides is 2. The molecule has 0 aromatic carbocycles. The summed E-state index contributed by atoms with van der Waals surface area (Å²) in [6, 6.07) is -0.292. The first-order chi connectivity index (χ1) is 8.70. The quantitative estimate of drug-likeness (QED) is 0.837. The molecule has 0 aromatic heterocycles. The number of hydrogen-bond acceptors (Lipinski definition) is 3. The van der Waals surface area contributed by atoms with Gasteiger partial charge in [0.2, 0.25) is 5.91 Å².